The van der Waals surface area contributed by atoms with Gasteiger partial charge in [-0.2, -0.15) is 5.26 Å². The molecule has 0 N–H and O–H groups in total. The van der Waals surface area contributed by atoms with Crippen molar-refractivity contribution in [2.24, 2.45) is 0 Å². The Labute approximate surface area is 121 Å². The van der Waals surface area contributed by atoms with E-state index in [-0.39, 0.29) is 5.15 Å². The molecular weight excluding hydrogens is 280 g/mol. The molecule has 0 aliphatic carbocycles. The van der Waals surface area contributed by atoms with Gasteiger partial charge in [0.15, 0.2) is 0 Å². The predicted octanol–water partition coefficient (Wildman–Crippen LogP) is 4.00. The Bertz CT molecular complexity index is 652. The lowest BCUT2D eigenvalue weighted by molar-refractivity contribution is 0.415. The molecule has 5 heteroatoms. The molecule has 0 aliphatic rings. The van der Waals surface area contributed by atoms with Gasteiger partial charge in [-0.05, 0) is 30.0 Å². The smallest absolute Gasteiger partial charge is 0.148 e. The topological polar surface area (TPSA) is 45.9 Å². The van der Waals surface area contributed by atoms with Crippen LogP contribution in [0.5, 0.6) is 5.75 Å². The van der Waals surface area contributed by atoms with Crippen molar-refractivity contribution in [2.45, 2.75) is 5.03 Å². The minimum atomic E-state index is 0.229. The third-order valence-electron chi connectivity index (χ3n) is 2.65. The number of rotatable bonds is 3. The highest BCUT2D eigenvalue weighted by Gasteiger charge is 2.13. The molecule has 0 spiro atoms. The first-order valence-electron chi connectivity index (χ1n) is 5.48. The SMILES string of the molecule is COc1cccc(-c2cc(SC)nc(Cl)c2C#N)c1. The van der Waals surface area contributed by atoms with Crippen molar-refractivity contribution in [1.29, 1.82) is 5.26 Å². The average Bonchev–Trinajstić information content (AvgIpc) is 2.46. The Hall–Kier alpha value is -1.70. The van der Waals surface area contributed by atoms with Gasteiger partial charge < -0.3 is 4.74 Å². The summed E-state index contributed by atoms with van der Waals surface area (Å²) < 4.78 is 5.20. The van der Waals surface area contributed by atoms with Crippen molar-refractivity contribution in [3.8, 4) is 22.9 Å². The number of ether oxygens (including phenoxy) is 1. The largest absolute Gasteiger partial charge is 0.497 e. The van der Waals surface area contributed by atoms with E-state index in [0.29, 0.717) is 5.56 Å². The Morgan fingerprint density at radius 2 is 2.16 bits per heavy atom. The van der Waals surface area contributed by atoms with E-state index in [1.165, 1.54) is 11.8 Å². The quantitative estimate of drug-likeness (QED) is 0.633. The summed E-state index contributed by atoms with van der Waals surface area (Å²) in [5, 5.41) is 10.2. The molecule has 96 valence electrons. The molecule has 1 aromatic heterocycles. The van der Waals surface area contributed by atoms with Gasteiger partial charge in [-0.15, -0.1) is 11.8 Å². The molecule has 0 radical (unpaired) electrons. The van der Waals surface area contributed by atoms with Crippen LogP contribution in [0.4, 0.5) is 0 Å². The molecule has 2 rings (SSSR count). The molecular formula is C14H11ClN2OS. The molecule has 0 bridgehead atoms. The van der Waals surface area contributed by atoms with Gasteiger partial charge in [0.1, 0.15) is 17.0 Å². The zero-order valence-electron chi connectivity index (χ0n) is 10.5. The van der Waals surface area contributed by atoms with Crippen LogP contribution < -0.4 is 4.74 Å². The summed E-state index contributed by atoms with van der Waals surface area (Å²) >= 11 is 7.54. The highest BCUT2D eigenvalue weighted by Crippen LogP contribution is 2.32. The van der Waals surface area contributed by atoms with E-state index >= 15 is 0 Å². The monoisotopic (exact) mass is 290 g/mol. The fourth-order valence-corrected chi connectivity index (χ4v) is 2.42. The van der Waals surface area contributed by atoms with Crippen molar-refractivity contribution in [3.05, 3.63) is 41.0 Å². The molecule has 3 nitrogen and oxygen atoms in total. The number of hydrogen-bond donors (Lipinski definition) is 0. The Kier molecular flexibility index (Phi) is 4.31. The molecule has 0 fully saturated rings. The van der Waals surface area contributed by atoms with Crippen LogP contribution in [0, 0.1) is 11.3 Å². The first-order valence-corrected chi connectivity index (χ1v) is 7.09. The summed E-state index contributed by atoms with van der Waals surface area (Å²) in [4.78, 5) is 4.17. The third kappa shape index (κ3) is 2.83. The molecule has 0 aliphatic heterocycles. The van der Waals surface area contributed by atoms with E-state index in [9.17, 15) is 5.26 Å². The number of benzene rings is 1. The van der Waals surface area contributed by atoms with Crippen LogP contribution in [-0.2, 0) is 0 Å². The lowest BCUT2D eigenvalue weighted by Gasteiger charge is -2.09. The zero-order valence-corrected chi connectivity index (χ0v) is 12.0. The molecule has 0 saturated carbocycles. The van der Waals surface area contributed by atoms with Crippen LogP contribution in [0.15, 0.2) is 35.4 Å². The van der Waals surface area contributed by atoms with Crippen molar-refractivity contribution in [2.75, 3.05) is 13.4 Å². The second kappa shape index (κ2) is 5.96. The third-order valence-corrected chi connectivity index (χ3v) is 3.55. The van der Waals surface area contributed by atoms with Crippen LogP contribution >= 0.6 is 23.4 Å². The number of methoxy groups -OCH3 is 1. The van der Waals surface area contributed by atoms with Gasteiger partial charge in [0.2, 0.25) is 0 Å². The highest BCUT2D eigenvalue weighted by molar-refractivity contribution is 7.98. The maximum Gasteiger partial charge on any atom is 0.148 e. The average molecular weight is 291 g/mol. The molecule has 19 heavy (non-hydrogen) atoms. The Balaban J connectivity index is 2.66. The van der Waals surface area contributed by atoms with Crippen LogP contribution in [0.2, 0.25) is 5.15 Å². The van der Waals surface area contributed by atoms with Gasteiger partial charge >= 0.3 is 0 Å². The van der Waals surface area contributed by atoms with Gasteiger partial charge in [-0.3, -0.25) is 0 Å². The molecule has 2 aromatic rings. The standard InChI is InChI=1S/C14H11ClN2OS/c1-18-10-5-3-4-9(6-10)11-7-13(19-2)17-14(15)12(11)8-16/h3-7H,1-2H3. The second-order valence-corrected chi connectivity index (χ2v) is 4.91. The van der Waals surface area contributed by atoms with Crippen molar-refractivity contribution in [3.63, 3.8) is 0 Å². The van der Waals surface area contributed by atoms with Crippen LogP contribution in [0.25, 0.3) is 11.1 Å². The summed E-state index contributed by atoms with van der Waals surface area (Å²) in [5.74, 6) is 0.736. The first-order chi connectivity index (χ1) is 9.19. The highest BCUT2D eigenvalue weighted by atomic mass is 35.5. The molecule has 1 aromatic carbocycles. The van der Waals surface area contributed by atoms with Gasteiger partial charge in [-0.1, -0.05) is 23.7 Å². The van der Waals surface area contributed by atoms with E-state index in [1.807, 2.05) is 36.6 Å². The number of nitrogens with zero attached hydrogens (tertiary/aromatic N) is 2. The van der Waals surface area contributed by atoms with E-state index in [2.05, 4.69) is 11.1 Å². The molecule has 0 amide bonds. The maximum absolute atomic E-state index is 9.24. The van der Waals surface area contributed by atoms with Crippen LogP contribution in [0.1, 0.15) is 5.56 Å². The number of hydrogen-bond acceptors (Lipinski definition) is 4. The van der Waals surface area contributed by atoms with E-state index in [4.69, 9.17) is 16.3 Å². The van der Waals surface area contributed by atoms with Crippen LogP contribution in [-0.4, -0.2) is 18.3 Å². The fraction of sp³-hybridized carbons (Fsp3) is 0.143. The molecule has 0 atom stereocenters. The summed E-state index contributed by atoms with van der Waals surface area (Å²) in [7, 11) is 1.61. The number of aromatic nitrogens is 1. The second-order valence-electron chi connectivity index (χ2n) is 3.72. The van der Waals surface area contributed by atoms with Gasteiger partial charge in [0.25, 0.3) is 0 Å². The lowest BCUT2D eigenvalue weighted by Crippen LogP contribution is -1.92. The summed E-state index contributed by atoms with van der Waals surface area (Å²) in [5.41, 5.74) is 2.04. The number of halogens is 1. The fourth-order valence-electron chi connectivity index (χ4n) is 1.72. The zero-order chi connectivity index (χ0) is 13.8. The molecule has 0 unspecified atom stereocenters. The molecule has 1 heterocycles. The minimum absolute atomic E-state index is 0.229. The van der Waals surface area contributed by atoms with Crippen molar-refractivity contribution in [1.82, 2.24) is 4.98 Å². The van der Waals surface area contributed by atoms with Gasteiger partial charge in [0.05, 0.1) is 17.7 Å². The summed E-state index contributed by atoms with van der Waals surface area (Å²) in [6, 6.07) is 11.5. The summed E-state index contributed by atoms with van der Waals surface area (Å²) in [6.07, 6.45) is 1.92. The van der Waals surface area contributed by atoms with E-state index in [0.717, 1.165) is 21.9 Å². The van der Waals surface area contributed by atoms with Crippen molar-refractivity contribution < 1.29 is 4.74 Å². The lowest BCUT2D eigenvalue weighted by atomic mass is 10.0. The van der Waals surface area contributed by atoms with Crippen molar-refractivity contribution >= 4 is 23.4 Å². The summed E-state index contributed by atoms with van der Waals surface area (Å²) in [6.45, 7) is 0. The van der Waals surface area contributed by atoms with Gasteiger partial charge in [-0.25, -0.2) is 4.98 Å². The van der Waals surface area contributed by atoms with E-state index < -0.39 is 0 Å². The molecule has 0 saturated heterocycles. The number of thioether (sulfide) groups is 1. The first kappa shape index (κ1) is 13.7. The van der Waals surface area contributed by atoms with Gasteiger partial charge in [0, 0.05) is 5.56 Å². The predicted molar refractivity (Wildman–Crippen MR) is 77.7 cm³/mol. The number of pyridine rings is 1. The van der Waals surface area contributed by atoms with Crippen LogP contribution in [0.3, 0.4) is 0 Å². The maximum atomic E-state index is 9.24. The minimum Gasteiger partial charge on any atom is -0.497 e. The Morgan fingerprint density at radius 3 is 2.79 bits per heavy atom. The Morgan fingerprint density at radius 1 is 1.37 bits per heavy atom. The normalized spacial score (nSPS) is 10.0. The van der Waals surface area contributed by atoms with E-state index in [1.54, 1.807) is 7.11 Å². The number of nitriles is 1.